The van der Waals surface area contributed by atoms with E-state index in [1.54, 1.807) is 0 Å². The molecule has 0 fully saturated rings. The van der Waals surface area contributed by atoms with Crippen molar-refractivity contribution in [2.75, 3.05) is 6.61 Å². The first-order valence-corrected chi connectivity index (χ1v) is 9.09. The second-order valence-corrected chi connectivity index (χ2v) is 6.28. The second kappa shape index (κ2) is 16.1. The van der Waals surface area contributed by atoms with Gasteiger partial charge >= 0.3 is 51.4 Å². The van der Waals surface area contributed by atoms with Gasteiger partial charge in [0.05, 0.1) is 6.61 Å². The van der Waals surface area contributed by atoms with Gasteiger partial charge in [0.25, 0.3) is 0 Å². The Morgan fingerprint density at radius 2 is 1.67 bits per heavy atom. The Morgan fingerprint density at radius 3 is 2.24 bits per heavy atom. The number of unbranched alkanes of at least 4 members (excludes halogenated alkanes) is 6. The molecule has 0 bridgehead atoms. The van der Waals surface area contributed by atoms with Crippen LogP contribution in [0.15, 0.2) is 12.2 Å². The fourth-order valence-electron chi connectivity index (χ4n) is 2.03. The van der Waals surface area contributed by atoms with Crippen LogP contribution in [-0.4, -0.2) is 19.6 Å². The molecule has 0 radical (unpaired) electrons. The summed E-state index contributed by atoms with van der Waals surface area (Å²) in [6.07, 6.45) is 14.1. The van der Waals surface area contributed by atoms with Gasteiger partial charge in [-0.3, -0.25) is 4.18 Å². The largest absolute Gasteiger partial charge is 1.00 e. The average molecular weight is 345 g/mol. The van der Waals surface area contributed by atoms with E-state index in [1.807, 2.05) is 6.08 Å². The van der Waals surface area contributed by atoms with Crippen LogP contribution < -0.4 is 51.4 Å². The summed E-state index contributed by atoms with van der Waals surface area (Å²) in [7, 11) is -4.58. The molecule has 4 nitrogen and oxygen atoms in total. The molecule has 0 amide bonds. The van der Waals surface area contributed by atoms with Gasteiger partial charge in [-0.25, -0.2) is 8.42 Å². The number of allylic oxidation sites excluding steroid dienone is 1. The van der Waals surface area contributed by atoms with Gasteiger partial charge in [-0.15, -0.1) is 0 Å². The van der Waals surface area contributed by atoms with Crippen LogP contribution >= 0.6 is 0 Å². The maximum atomic E-state index is 10.5. The molecule has 0 N–H and O–H groups in total. The van der Waals surface area contributed by atoms with Crippen LogP contribution in [0.4, 0.5) is 0 Å². The van der Waals surface area contributed by atoms with E-state index >= 15 is 0 Å². The Bertz CT molecular complexity index is 342. The van der Waals surface area contributed by atoms with Gasteiger partial charge in [0.15, 0.2) is 0 Å². The number of rotatable bonds is 13. The van der Waals surface area contributed by atoms with E-state index in [9.17, 15) is 13.0 Å². The maximum Gasteiger partial charge on any atom is 1.00 e. The number of hydrogen-bond acceptors (Lipinski definition) is 4. The standard InChI is InChI=1S/C15H30O4S.K/c1-3-5-7-9-11-13-15(12-10-8-6-4-2)14-19-20(16,17)18;/h10,12,15H,3-9,11,13-14H2,1-2H3,(H,16,17,18);/q;+1/p-1/b12-10+;. The van der Waals surface area contributed by atoms with Gasteiger partial charge in [0, 0.05) is 5.92 Å². The average Bonchev–Trinajstić information content (AvgIpc) is 2.38. The van der Waals surface area contributed by atoms with E-state index in [2.05, 4.69) is 24.1 Å². The van der Waals surface area contributed by atoms with Gasteiger partial charge in [0.2, 0.25) is 10.4 Å². The van der Waals surface area contributed by atoms with E-state index in [1.165, 1.54) is 19.3 Å². The van der Waals surface area contributed by atoms with Crippen LogP contribution in [-0.2, 0) is 14.6 Å². The first-order chi connectivity index (χ1) is 9.49. The molecule has 0 saturated carbocycles. The molecule has 0 heterocycles. The minimum atomic E-state index is -4.58. The summed E-state index contributed by atoms with van der Waals surface area (Å²) in [5.74, 6) is 0.0252. The summed E-state index contributed by atoms with van der Waals surface area (Å²) in [5, 5.41) is 0. The molecule has 1 atom stereocenters. The van der Waals surface area contributed by atoms with E-state index in [0.29, 0.717) is 0 Å². The quantitative estimate of drug-likeness (QED) is 0.165. The Hall–Kier alpha value is 1.25. The molecular formula is C15H29KO4S. The molecule has 0 aliphatic heterocycles. The van der Waals surface area contributed by atoms with Crippen molar-refractivity contribution in [3.8, 4) is 0 Å². The first kappa shape index (κ1) is 24.5. The summed E-state index contributed by atoms with van der Waals surface area (Å²) < 4.78 is 36.0. The Labute approximate surface area is 173 Å². The van der Waals surface area contributed by atoms with Crippen molar-refractivity contribution in [3.05, 3.63) is 12.2 Å². The molecule has 120 valence electrons. The van der Waals surface area contributed by atoms with E-state index < -0.39 is 10.4 Å². The van der Waals surface area contributed by atoms with Crippen LogP contribution in [0.5, 0.6) is 0 Å². The van der Waals surface area contributed by atoms with E-state index in [-0.39, 0.29) is 63.9 Å². The van der Waals surface area contributed by atoms with Gasteiger partial charge in [-0.05, 0) is 12.8 Å². The predicted molar refractivity (Wildman–Crippen MR) is 81.2 cm³/mol. The normalized spacial score (nSPS) is 13.3. The van der Waals surface area contributed by atoms with Crippen molar-refractivity contribution >= 4 is 10.4 Å². The van der Waals surface area contributed by atoms with Gasteiger partial charge in [-0.1, -0.05) is 70.9 Å². The van der Waals surface area contributed by atoms with Crippen molar-refractivity contribution < 1.29 is 68.5 Å². The fourth-order valence-corrected chi connectivity index (χ4v) is 2.37. The third-order valence-corrected chi connectivity index (χ3v) is 3.66. The smallest absolute Gasteiger partial charge is 0.726 e. The van der Waals surface area contributed by atoms with Crippen LogP contribution in [0.1, 0.15) is 71.6 Å². The zero-order valence-electron chi connectivity index (χ0n) is 13.8. The maximum absolute atomic E-state index is 10.5. The summed E-state index contributed by atoms with van der Waals surface area (Å²) in [5.41, 5.74) is 0. The van der Waals surface area contributed by atoms with E-state index in [0.717, 1.165) is 38.5 Å². The van der Waals surface area contributed by atoms with Crippen molar-refractivity contribution in [2.24, 2.45) is 5.92 Å². The van der Waals surface area contributed by atoms with Crippen LogP contribution in [0.25, 0.3) is 0 Å². The third-order valence-electron chi connectivity index (χ3n) is 3.24. The molecule has 1 unspecified atom stereocenters. The molecule has 0 aromatic heterocycles. The van der Waals surface area contributed by atoms with Crippen LogP contribution in [0.3, 0.4) is 0 Å². The zero-order valence-corrected chi connectivity index (χ0v) is 17.8. The molecule has 0 saturated heterocycles. The molecule has 0 rings (SSSR count). The molecule has 0 spiro atoms. The fraction of sp³-hybridized carbons (Fsp3) is 0.867. The van der Waals surface area contributed by atoms with Crippen LogP contribution in [0, 0.1) is 5.92 Å². The molecule has 0 aliphatic carbocycles. The topological polar surface area (TPSA) is 66.4 Å². The predicted octanol–water partition coefficient (Wildman–Crippen LogP) is 1.19. The van der Waals surface area contributed by atoms with Crippen LogP contribution in [0.2, 0.25) is 0 Å². The third kappa shape index (κ3) is 19.2. The van der Waals surface area contributed by atoms with Gasteiger partial charge < -0.3 is 4.55 Å². The summed E-state index contributed by atoms with van der Waals surface area (Å²) in [4.78, 5) is 0. The van der Waals surface area contributed by atoms with Crippen molar-refractivity contribution in [1.29, 1.82) is 0 Å². The minimum Gasteiger partial charge on any atom is -0.726 e. The van der Waals surface area contributed by atoms with Crippen molar-refractivity contribution in [3.63, 3.8) is 0 Å². The Morgan fingerprint density at radius 1 is 1.05 bits per heavy atom. The van der Waals surface area contributed by atoms with Crippen molar-refractivity contribution in [1.82, 2.24) is 0 Å². The summed E-state index contributed by atoms with van der Waals surface area (Å²) >= 11 is 0. The molecular weight excluding hydrogens is 315 g/mol. The number of hydrogen-bond donors (Lipinski definition) is 0. The Balaban J connectivity index is 0. The minimum absolute atomic E-state index is 0. The van der Waals surface area contributed by atoms with Gasteiger partial charge in [0.1, 0.15) is 0 Å². The van der Waals surface area contributed by atoms with E-state index in [4.69, 9.17) is 0 Å². The SMILES string of the molecule is CCCC/C=C/C(CCCCCCC)COS(=O)(=O)[O-].[K+]. The monoisotopic (exact) mass is 344 g/mol. The molecule has 0 aliphatic rings. The summed E-state index contributed by atoms with van der Waals surface area (Å²) in [6.45, 7) is 4.28. The summed E-state index contributed by atoms with van der Waals surface area (Å²) in [6, 6.07) is 0. The van der Waals surface area contributed by atoms with Crippen molar-refractivity contribution in [2.45, 2.75) is 71.6 Å². The molecule has 0 aromatic carbocycles. The molecule has 21 heavy (non-hydrogen) atoms. The van der Waals surface area contributed by atoms with Gasteiger partial charge in [-0.2, -0.15) is 0 Å². The molecule has 6 heteroatoms. The zero-order chi connectivity index (χ0) is 15.3. The first-order valence-electron chi connectivity index (χ1n) is 7.76. The second-order valence-electron chi connectivity index (χ2n) is 5.23. The molecule has 0 aromatic rings. The Kier molecular flexibility index (Phi) is 18.8.